The van der Waals surface area contributed by atoms with E-state index in [1.807, 2.05) is 24.3 Å². The summed E-state index contributed by atoms with van der Waals surface area (Å²) in [5.74, 6) is 0.828. The van der Waals surface area contributed by atoms with Crippen LogP contribution in [0, 0.1) is 11.8 Å². The summed E-state index contributed by atoms with van der Waals surface area (Å²) in [6, 6.07) is 7.28. The van der Waals surface area contributed by atoms with Crippen molar-refractivity contribution in [2.75, 3.05) is 32.7 Å². The Morgan fingerprint density at radius 2 is 1.58 bits per heavy atom. The highest BCUT2D eigenvalue weighted by molar-refractivity contribution is 5.92. The lowest BCUT2D eigenvalue weighted by Gasteiger charge is -2.27. The number of nitrogens with one attached hydrogen (secondary N) is 2. The van der Waals surface area contributed by atoms with Gasteiger partial charge in [0.15, 0.2) is 0 Å². The van der Waals surface area contributed by atoms with Gasteiger partial charge in [-0.1, -0.05) is 0 Å². The van der Waals surface area contributed by atoms with E-state index in [2.05, 4.69) is 10.6 Å². The van der Waals surface area contributed by atoms with Gasteiger partial charge in [-0.05, 0) is 49.9 Å². The summed E-state index contributed by atoms with van der Waals surface area (Å²) >= 11 is 0. The minimum atomic E-state index is -0.0323. The number of rotatable bonds is 7. The van der Waals surface area contributed by atoms with Crippen molar-refractivity contribution in [3.8, 4) is 5.75 Å². The van der Waals surface area contributed by atoms with E-state index in [1.165, 1.54) is 0 Å². The largest absolute Gasteiger partial charge is 0.497 e. The van der Waals surface area contributed by atoms with Crippen LogP contribution in [0.2, 0.25) is 0 Å². The number of carbonyl (C=O) groups is 2. The maximum absolute atomic E-state index is 12.3. The van der Waals surface area contributed by atoms with E-state index >= 15 is 0 Å². The smallest absolute Gasteiger partial charge is 0.227 e. The molecule has 2 N–H and O–H groups in total. The first-order valence-corrected chi connectivity index (χ1v) is 8.35. The van der Waals surface area contributed by atoms with Crippen molar-refractivity contribution in [2.24, 2.45) is 11.8 Å². The number of hydrogen-bond donors (Lipinski definition) is 2. The summed E-state index contributed by atoms with van der Waals surface area (Å²) in [6.45, 7) is 1.05. The molecule has 0 spiro atoms. The number of methoxy groups -OCH3 is 2. The Bertz CT molecular complexity index is 536. The molecule has 0 bridgehead atoms. The molecular weight excluding hydrogens is 308 g/mol. The average Bonchev–Trinajstić information content (AvgIpc) is 2.62. The molecule has 2 amide bonds. The van der Waals surface area contributed by atoms with Crippen molar-refractivity contribution in [3.05, 3.63) is 24.3 Å². The molecule has 0 heterocycles. The third kappa shape index (κ3) is 5.23. The van der Waals surface area contributed by atoms with Crippen LogP contribution >= 0.6 is 0 Å². The molecule has 1 fully saturated rings. The van der Waals surface area contributed by atoms with E-state index in [1.54, 1.807) is 14.2 Å². The molecule has 2 rings (SSSR count). The lowest BCUT2D eigenvalue weighted by Crippen LogP contribution is -2.36. The first kappa shape index (κ1) is 18.3. The predicted octanol–water partition coefficient (Wildman–Crippen LogP) is 2.20. The monoisotopic (exact) mass is 334 g/mol. The van der Waals surface area contributed by atoms with Crippen molar-refractivity contribution >= 4 is 17.5 Å². The lowest BCUT2D eigenvalue weighted by molar-refractivity contribution is -0.128. The van der Waals surface area contributed by atoms with Crippen molar-refractivity contribution in [2.45, 2.75) is 25.7 Å². The Morgan fingerprint density at radius 3 is 2.12 bits per heavy atom. The molecule has 1 aromatic carbocycles. The minimum absolute atomic E-state index is 0.00638. The molecule has 6 nitrogen and oxygen atoms in total. The second-order valence-electron chi connectivity index (χ2n) is 6.05. The molecule has 0 atom stereocenters. The quantitative estimate of drug-likeness (QED) is 0.750. The zero-order valence-electron chi connectivity index (χ0n) is 14.3. The van der Waals surface area contributed by atoms with Crippen molar-refractivity contribution in [1.29, 1.82) is 0 Å². The molecule has 0 radical (unpaired) electrons. The number of carbonyl (C=O) groups excluding carboxylic acids is 2. The van der Waals surface area contributed by atoms with Crippen LogP contribution in [-0.2, 0) is 14.3 Å². The number of hydrogen-bond acceptors (Lipinski definition) is 4. The highest BCUT2D eigenvalue weighted by atomic mass is 16.5. The van der Waals surface area contributed by atoms with Gasteiger partial charge in [-0.25, -0.2) is 0 Å². The van der Waals surface area contributed by atoms with Gasteiger partial charge in [0.1, 0.15) is 5.75 Å². The molecular formula is C18H26N2O4. The highest BCUT2D eigenvalue weighted by Crippen LogP contribution is 2.30. The predicted molar refractivity (Wildman–Crippen MR) is 92.0 cm³/mol. The summed E-state index contributed by atoms with van der Waals surface area (Å²) in [7, 11) is 3.22. The number of benzene rings is 1. The summed E-state index contributed by atoms with van der Waals surface area (Å²) in [6.07, 6.45) is 2.98. The maximum atomic E-state index is 12.3. The van der Waals surface area contributed by atoms with Crippen LogP contribution in [0.1, 0.15) is 25.7 Å². The third-order valence-electron chi connectivity index (χ3n) is 4.43. The summed E-state index contributed by atoms with van der Waals surface area (Å²) in [5, 5.41) is 5.81. The van der Waals surface area contributed by atoms with Gasteiger partial charge >= 0.3 is 0 Å². The van der Waals surface area contributed by atoms with Crippen molar-refractivity contribution in [1.82, 2.24) is 5.32 Å². The standard InChI is InChI=1S/C18H26N2O4/c1-23-12-11-19-17(21)13-3-5-14(6-4-13)18(22)20-15-7-9-16(24-2)10-8-15/h7-10,13-14H,3-6,11-12H2,1-2H3,(H,19,21)(H,20,22). The Hall–Kier alpha value is -2.08. The number of anilines is 1. The zero-order chi connectivity index (χ0) is 17.4. The second-order valence-corrected chi connectivity index (χ2v) is 6.05. The Kier molecular flexibility index (Phi) is 7.06. The molecule has 1 aliphatic carbocycles. The molecule has 1 aliphatic rings. The minimum Gasteiger partial charge on any atom is -0.497 e. The highest BCUT2D eigenvalue weighted by Gasteiger charge is 2.29. The molecule has 24 heavy (non-hydrogen) atoms. The van der Waals surface area contributed by atoms with Gasteiger partial charge in [0, 0.05) is 31.2 Å². The fraction of sp³-hybridized carbons (Fsp3) is 0.556. The van der Waals surface area contributed by atoms with Gasteiger partial charge in [0.25, 0.3) is 0 Å². The molecule has 0 aromatic heterocycles. The van der Waals surface area contributed by atoms with Crippen LogP contribution in [0.25, 0.3) is 0 Å². The number of amides is 2. The van der Waals surface area contributed by atoms with Crippen molar-refractivity contribution in [3.63, 3.8) is 0 Å². The summed E-state index contributed by atoms with van der Waals surface area (Å²) in [4.78, 5) is 24.4. The first-order valence-electron chi connectivity index (χ1n) is 8.35. The van der Waals surface area contributed by atoms with Gasteiger partial charge < -0.3 is 20.1 Å². The molecule has 1 aromatic rings. The number of ether oxygens (including phenoxy) is 2. The molecule has 0 saturated heterocycles. The van der Waals surface area contributed by atoms with E-state index in [0.29, 0.717) is 13.2 Å². The van der Waals surface area contributed by atoms with Crippen LogP contribution in [0.15, 0.2) is 24.3 Å². The molecule has 6 heteroatoms. The van der Waals surface area contributed by atoms with Crippen LogP contribution in [0.4, 0.5) is 5.69 Å². The third-order valence-corrected chi connectivity index (χ3v) is 4.43. The SMILES string of the molecule is COCCNC(=O)C1CCC(C(=O)Nc2ccc(OC)cc2)CC1. The Morgan fingerprint density at radius 1 is 1.00 bits per heavy atom. The van der Waals surface area contributed by atoms with Gasteiger partial charge in [0.05, 0.1) is 13.7 Å². The van der Waals surface area contributed by atoms with Gasteiger partial charge in [-0.3, -0.25) is 9.59 Å². The van der Waals surface area contributed by atoms with E-state index in [4.69, 9.17) is 9.47 Å². The van der Waals surface area contributed by atoms with Crippen molar-refractivity contribution < 1.29 is 19.1 Å². The van der Waals surface area contributed by atoms with Gasteiger partial charge in [-0.15, -0.1) is 0 Å². The van der Waals surface area contributed by atoms with E-state index in [9.17, 15) is 9.59 Å². The van der Waals surface area contributed by atoms with Gasteiger partial charge in [-0.2, -0.15) is 0 Å². The lowest BCUT2D eigenvalue weighted by atomic mass is 9.81. The summed E-state index contributed by atoms with van der Waals surface area (Å²) < 4.78 is 10.0. The first-order chi connectivity index (χ1) is 11.6. The van der Waals surface area contributed by atoms with Crippen LogP contribution < -0.4 is 15.4 Å². The van der Waals surface area contributed by atoms with E-state index < -0.39 is 0 Å². The molecule has 1 saturated carbocycles. The van der Waals surface area contributed by atoms with Crippen LogP contribution in [0.5, 0.6) is 5.75 Å². The fourth-order valence-corrected chi connectivity index (χ4v) is 2.96. The van der Waals surface area contributed by atoms with Gasteiger partial charge in [0.2, 0.25) is 11.8 Å². The maximum Gasteiger partial charge on any atom is 0.227 e. The topological polar surface area (TPSA) is 76.7 Å². The summed E-state index contributed by atoms with van der Waals surface area (Å²) in [5.41, 5.74) is 0.764. The average molecular weight is 334 g/mol. The molecule has 132 valence electrons. The molecule has 0 unspecified atom stereocenters. The fourth-order valence-electron chi connectivity index (χ4n) is 2.96. The van der Waals surface area contributed by atoms with E-state index in [-0.39, 0.29) is 23.7 Å². The second kappa shape index (κ2) is 9.27. The Labute approximate surface area is 142 Å². The van der Waals surface area contributed by atoms with E-state index in [0.717, 1.165) is 37.1 Å². The molecule has 0 aliphatic heterocycles. The Balaban J connectivity index is 1.76. The zero-order valence-corrected chi connectivity index (χ0v) is 14.3. The normalized spacial score (nSPS) is 20.2. The van der Waals surface area contributed by atoms with Crippen LogP contribution in [0.3, 0.4) is 0 Å². The van der Waals surface area contributed by atoms with Crippen LogP contribution in [-0.4, -0.2) is 39.2 Å².